The summed E-state index contributed by atoms with van der Waals surface area (Å²) in [5, 5.41) is 9.22. The topological polar surface area (TPSA) is 69.8 Å². The van der Waals surface area contributed by atoms with Crippen molar-refractivity contribution in [1.29, 1.82) is 0 Å². The molecule has 22 heavy (non-hydrogen) atoms. The number of nitrogens with one attached hydrogen (secondary N) is 3. The minimum Gasteiger partial charge on any atom is -0.326 e. The second kappa shape index (κ2) is 6.82. The first-order chi connectivity index (χ1) is 10.8. The first-order valence-corrected chi connectivity index (χ1v) is 7.51. The molecular weight excluding hydrogens is 296 g/mol. The number of aromatic nitrogens is 2. The second-order valence-electron chi connectivity index (χ2n) is 4.54. The van der Waals surface area contributed by atoms with Crippen molar-refractivity contribution < 1.29 is 4.79 Å². The zero-order valence-corrected chi connectivity index (χ0v) is 12.4. The van der Waals surface area contributed by atoms with E-state index in [1.165, 1.54) is 11.9 Å². The van der Waals surface area contributed by atoms with Crippen LogP contribution in [0.3, 0.4) is 0 Å². The second-order valence-corrected chi connectivity index (χ2v) is 5.42. The quantitative estimate of drug-likeness (QED) is 0.627. The molecule has 0 atom stereocenters. The number of carbonyl (C=O) groups excluding carboxylic acids is 1. The van der Waals surface area contributed by atoms with E-state index in [0.29, 0.717) is 11.3 Å². The van der Waals surface area contributed by atoms with E-state index in [0.717, 1.165) is 10.6 Å². The normalized spacial score (nSPS) is 10.2. The SMILES string of the molecule is O=C(Nc1cn[nH]c1)c1cccc(NSc2ccccc2)c1. The Hall–Kier alpha value is -2.73. The molecule has 0 spiro atoms. The van der Waals surface area contributed by atoms with Crippen molar-refractivity contribution in [3.05, 3.63) is 72.6 Å². The van der Waals surface area contributed by atoms with Crippen LogP contribution in [0, 0.1) is 0 Å². The summed E-state index contributed by atoms with van der Waals surface area (Å²) in [5.41, 5.74) is 2.09. The third-order valence-electron chi connectivity index (χ3n) is 2.91. The van der Waals surface area contributed by atoms with Crippen molar-refractivity contribution in [3.63, 3.8) is 0 Å². The average molecular weight is 310 g/mol. The van der Waals surface area contributed by atoms with Crippen LogP contribution in [0.1, 0.15) is 10.4 Å². The van der Waals surface area contributed by atoms with Crippen LogP contribution in [0.15, 0.2) is 71.9 Å². The van der Waals surface area contributed by atoms with Gasteiger partial charge in [-0.1, -0.05) is 24.3 Å². The van der Waals surface area contributed by atoms with Crippen LogP contribution < -0.4 is 10.0 Å². The van der Waals surface area contributed by atoms with Gasteiger partial charge in [-0.05, 0) is 42.3 Å². The van der Waals surface area contributed by atoms with E-state index in [-0.39, 0.29) is 5.91 Å². The van der Waals surface area contributed by atoms with Gasteiger partial charge in [-0.3, -0.25) is 9.89 Å². The molecule has 0 saturated carbocycles. The van der Waals surface area contributed by atoms with Crippen LogP contribution in [0.4, 0.5) is 11.4 Å². The van der Waals surface area contributed by atoms with Crippen LogP contribution in [-0.4, -0.2) is 16.1 Å². The summed E-state index contributed by atoms with van der Waals surface area (Å²) in [6, 6.07) is 17.3. The molecule has 0 aliphatic heterocycles. The van der Waals surface area contributed by atoms with Crippen molar-refractivity contribution in [2.24, 2.45) is 0 Å². The van der Waals surface area contributed by atoms with Crippen LogP contribution in [0.25, 0.3) is 0 Å². The number of benzene rings is 2. The van der Waals surface area contributed by atoms with Gasteiger partial charge in [0.15, 0.2) is 0 Å². The molecule has 6 heteroatoms. The summed E-state index contributed by atoms with van der Waals surface area (Å²) in [6.45, 7) is 0. The fourth-order valence-electron chi connectivity index (χ4n) is 1.85. The van der Waals surface area contributed by atoms with Crippen molar-refractivity contribution in [2.45, 2.75) is 4.90 Å². The van der Waals surface area contributed by atoms with Gasteiger partial charge >= 0.3 is 0 Å². The summed E-state index contributed by atoms with van der Waals surface area (Å²) in [4.78, 5) is 13.3. The molecule has 5 nitrogen and oxygen atoms in total. The maximum atomic E-state index is 12.2. The Labute approximate surface area is 132 Å². The number of carbonyl (C=O) groups is 1. The molecule has 0 unspecified atom stereocenters. The summed E-state index contributed by atoms with van der Waals surface area (Å²) in [7, 11) is 0. The number of amides is 1. The molecule has 3 N–H and O–H groups in total. The maximum Gasteiger partial charge on any atom is 0.255 e. The molecule has 3 rings (SSSR count). The Morgan fingerprint density at radius 3 is 2.68 bits per heavy atom. The molecule has 0 fully saturated rings. The Bertz CT molecular complexity index is 744. The highest BCUT2D eigenvalue weighted by Crippen LogP contribution is 2.21. The molecule has 1 heterocycles. The lowest BCUT2D eigenvalue weighted by molar-refractivity contribution is 0.102. The number of rotatable bonds is 5. The first kappa shape index (κ1) is 14.2. The van der Waals surface area contributed by atoms with Crippen molar-refractivity contribution in [1.82, 2.24) is 10.2 Å². The van der Waals surface area contributed by atoms with E-state index in [2.05, 4.69) is 20.2 Å². The van der Waals surface area contributed by atoms with Gasteiger partial charge in [0, 0.05) is 22.3 Å². The molecule has 0 saturated heterocycles. The molecule has 0 aliphatic carbocycles. The van der Waals surface area contributed by atoms with E-state index < -0.39 is 0 Å². The van der Waals surface area contributed by atoms with Gasteiger partial charge in [0.2, 0.25) is 0 Å². The zero-order valence-electron chi connectivity index (χ0n) is 11.6. The van der Waals surface area contributed by atoms with Gasteiger partial charge in [0.25, 0.3) is 5.91 Å². The van der Waals surface area contributed by atoms with Crippen molar-refractivity contribution in [2.75, 3.05) is 10.0 Å². The first-order valence-electron chi connectivity index (χ1n) is 6.69. The predicted molar refractivity (Wildman–Crippen MR) is 88.9 cm³/mol. The fourth-order valence-corrected chi connectivity index (χ4v) is 2.51. The monoisotopic (exact) mass is 310 g/mol. The number of nitrogens with zero attached hydrogens (tertiary/aromatic N) is 1. The molecule has 0 radical (unpaired) electrons. The molecule has 1 aromatic heterocycles. The summed E-state index contributed by atoms with van der Waals surface area (Å²) < 4.78 is 3.23. The summed E-state index contributed by atoms with van der Waals surface area (Å²) in [6.07, 6.45) is 3.19. The minimum absolute atomic E-state index is 0.172. The molecule has 110 valence electrons. The third-order valence-corrected chi connectivity index (χ3v) is 3.76. The van der Waals surface area contributed by atoms with Crippen LogP contribution in [0.5, 0.6) is 0 Å². The van der Waals surface area contributed by atoms with Gasteiger partial charge in [-0.15, -0.1) is 0 Å². The van der Waals surface area contributed by atoms with Crippen molar-refractivity contribution in [3.8, 4) is 0 Å². The number of hydrogen-bond donors (Lipinski definition) is 3. The minimum atomic E-state index is -0.172. The highest BCUT2D eigenvalue weighted by atomic mass is 32.2. The lowest BCUT2D eigenvalue weighted by Crippen LogP contribution is -2.11. The molecule has 1 amide bonds. The van der Waals surface area contributed by atoms with Crippen molar-refractivity contribution >= 4 is 29.2 Å². The Kier molecular flexibility index (Phi) is 4.41. The molecule has 2 aromatic carbocycles. The fraction of sp³-hybridized carbons (Fsp3) is 0. The molecule has 0 bridgehead atoms. The smallest absolute Gasteiger partial charge is 0.255 e. The van der Waals surface area contributed by atoms with E-state index in [1.807, 2.05) is 48.5 Å². The number of anilines is 2. The van der Waals surface area contributed by atoms with Gasteiger partial charge in [-0.2, -0.15) is 5.10 Å². The van der Waals surface area contributed by atoms with Gasteiger partial charge in [0.1, 0.15) is 0 Å². The zero-order chi connectivity index (χ0) is 15.2. The standard InChI is InChI=1S/C16H14N4OS/c21-16(19-14-10-17-18-11-14)12-5-4-6-13(9-12)20-22-15-7-2-1-3-8-15/h1-11,20H,(H,17,18)(H,19,21). The summed E-state index contributed by atoms with van der Waals surface area (Å²) >= 11 is 1.50. The number of H-pyrrole nitrogens is 1. The van der Waals surface area contributed by atoms with Crippen LogP contribution >= 0.6 is 11.9 Å². The van der Waals surface area contributed by atoms with E-state index >= 15 is 0 Å². The van der Waals surface area contributed by atoms with Crippen LogP contribution in [0.2, 0.25) is 0 Å². The molecule has 0 aliphatic rings. The highest BCUT2D eigenvalue weighted by Gasteiger charge is 2.07. The Morgan fingerprint density at radius 1 is 1.05 bits per heavy atom. The largest absolute Gasteiger partial charge is 0.326 e. The maximum absolute atomic E-state index is 12.2. The Balaban J connectivity index is 1.65. The molecule has 3 aromatic rings. The van der Waals surface area contributed by atoms with Gasteiger partial charge in [-0.25, -0.2) is 0 Å². The van der Waals surface area contributed by atoms with Gasteiger partial charge < -0.3 is 10.0 Å². The summed E-state index contributed by atoms with van der Waals surface area (Å²) in [5.74, 6) is -0.172. The lowest BCUT2D eigenvalue weighted by atomic mass is 10.2. The number of aromatic amines is 1. The third kappa shape index (κ3) is 3.67. The van der Waals surface area contributed by atoms with E-state index in [4.69, 9.17) is 0 Å². The van der Waals surface area contributed by atoms with E-state index in [1.54, 1.807) is 18.5 Å². The average Bonchev–Trinajstić information content (AvgIpc) is 3.07. The van der Waals surface area contributed by atoms with Crippen LogP contribution in [-0.2, 0) is 0 Å². The predicted octanol–water partition coefficient (Wildman–Crippen LogP) is 3.78. The molecular formula is C16H14N4OS. The van der Waals surface area contributed by atoms with Gasteiger partial charge in [0.05, 0.1) is 11.9 Å². The van der Waals surface area contributed by atoms with E-state index in [9.17, 15) is 4.79 Å². The highest BCUT2D eigenvalue weighted by molar-refractivity contribution is 8.00. The Morgan fingerprint density at radius 2 is 1.91 bits per heavy atom. The lowest BCUT2D eigenvalue weighted by Gasteiger charge is -2.07. The number of hydrogen-bond acceptors (Lipinski definition) is 4.